The number of rotatable bonds is 6. The number of aliphatic hydroxyl groups is 1. The second-order valence-corrected chi connectivity index (χ2v) is 8.12. The highest BCUT2D eigenvalue weighted by atomic mass is 16.3. The van der Waals surface area contributed by atoms with Crippen LogP contribution in [-0.2, 0) is 0 Å². The maximum atomic E-state index is 13.2. The van der Waals surface area contributed by atoms with Gasteiger partial charge < -0.3 is 15.7 Å². The van der Waals surface area contributed by atoms with Gasteiger partial charge in [-0.05, 0) is 61.2 Å². The zero-order valence-corrected chi connectivity index (χ0v) is 18.2. The molecule has 0 spiro atoms. The molecular weight excluding hydrogens is 388 g/mol. The van der Waals surface area contributed by atoms with E-state index in [1.807, 2.05) is 36.9 Å². The molecule has 0 aliphatic carbocycles. The standard InChI is InChI=1S/C25H28N4O2/c1-15-10-16(2)22(11-21(15)24(28)17(3)23(27)8-9-30)25(31)29-13-20(14-29)19-6-4-18(12-26)5-7-19/h4-7,10-11,20,28,30H,8-9,13-14,27H2,1-3H3. The molecule has 1 fully saturated rings. The summed E-state index contributed by atoms with van der Waals surface area (Å²) in [7, 11) is 0. The second-order valence-electron chi connectivity index (χ2n) is 8.12. The number of nitriles is 1. The van der Waals surface area contributed by atoms with Crippen molar-refractivity contribution in [3.63, 3.8) is 0 Å². The highest BCUT2D eigenvalue weighted by Crippen LogP contribution is 2.30. The molecule has 4 N–H and O–H groups in total. The van der Waals surface area contributed by atoms with Crippen LogP contribution in [0.25, 0.3) is 0 Å². The van der Waals surface area contributed by atoms with E-state index in [-0.39, 0.29) is 24.1 Å². The van der Waals surface area contributed by atoms with E-state index in [1.165, 1.54) is 0 Å². The fourth-order valence-electron chi connectivity index (χ4n) is 3.88. The van der Waals surface area contributed by atoms with Crippen LogP contribution in [0.3, 0.4) is 0 Å². The Kier molecular flexibility index (Phi) is 6.57. The summed E-state index contributed by atoms with van der Waals surface area (Å²) < 4.78 is 0. The highest BCUT2D eigenvalue weighted by Gasteiger charge is 2.33. The largest absolute Gasteiger partial charge is 0.402 e. The molecule has 0 bridgehead atoms. The molecule has 160 valence electrons. The molecule has 2 aromatic carbocycles. The summed E-state index contributed by atoms with van der Waals surface area (Å²) in [5.74, 6) is 0.227. The molecule has 31 heavy (non-hydrogen) atoms. The van der Waals surface area contributed by atoms with E-state index in [2.05, 4.69) is 6.07 Å². The first kappa shape index (κ1) is 22.3. The summed E-state index contributed by atoms with van der Waals surface area (Å²) >= 11 is 0. The van der Waals surface area contributed by atoms with E-state index in [0.29, 0.717) is 47.5 Å². The van der Waals surface area contributed by atoms with Gasteiger partial charge in [0.2, 0.25) is 0 Å². The Balaban J connectivity index is 1.79. The van der Waals surface area contributed by atoms with Crippen molar-refractivity contribution >= 4 is 11.6 Å². The number of aliphatic hydroxyl groups excluding tert-OH is 1. The highest BCUT2D eigenvalue weighted by molar-refractivity contribution is 6.12. The van der Waals surface area contributed by atoms with Gasteiger partial charge in [-0.3, -0.25) is 10.2 Å². The third-order valence-electron chi connectivity index (χ3n) is 5.99. The Bertz CT molecular complexity index is 1090. The maximum absolute atomic E-state index is 13.2. The summed E-state index contributed by atoms with van der Waals surface area (Å²) in [5, 5.41) is 26.6. The third kappa shape index (κ3) is 4.52. The van der Waals surface area contributed by atoms with Crippen molar-refractivity contribution in [3.05, 3.63) is 81.0 Å². The molecule has 6 heteroatoms. The van der Waals surface area contributed by atoms with Crippen molar-refractivity contribution in [2.45, 2.75) is 33.1 Å². The van der Waals surface area contributed by atoms with E-state index in [4.69, 9.17) is 21.5 Å². The molecule has 0 unspecified atom stereocenters. The Morgan fingerprint density at radius 3 is 2.39 bits per heavy atom. The summed E-state index contributed by atoms with van der Waals surface area (Å²) in [6.07, 6.45) is 0.315. The van der Waals surface area contributed by atoms with Gasteiger partial charge in [0.15, 0.2) is 0 Å². The molecule has 2 aromatic rings. The van der Waals surface area contributed by atoms with E-state index < -0.39 is 0 Å². The number of hydrogen-bond acceptors (Lipinski definition) is 5. The summed E-state index contributed by atoms with van der Waals surface area (Å²) in [4.78, 5) is 15.0. The number of amides is 1. The summed E-state index contributed by atoms with van der Waals surface area (Å²) in [6.45, 7) is 6.80. The number of carbonyl (C=O) groups excluding carboxylic acids is 1. The normalized spacial score (nSPS) is 14.5. The van der Waals surface area contributed by atoms with Crippen molar-refractivity contribution in [1.82, 2.24) is 4.90 Å². The summed E-state index contributed by atoms with van der Waals surface area (Å²) in [5.41, 5.74) is 12.2. The average molecular weight is 417 g/mol. The van der Waals surface area contributed by atoms with Crippen molar-refractivity contribution in [2.75, 3.05) is 19.7 Å². The molecule has 0 aromatic heterocycles. The topological polar surface area (TPSA) is 114 Å². The van der Waals surface area contributed by atoms with Crippen LogP contribution in [0.5, 0.6) is 0 Å². The van der Waals surface area contributed by atoms with Crippen LogP contribution in [0.1, 0.15) is 57.4 Å². The van der Waals surface area contributed by atoms with Crippen LogP contribution in [-0.4, -0.2) is 41.3 Å². The van der Waals surface area contributed by atoms with E-state index in [1.54, 1.807) is 25.1 Å². The smallest absolute Gasteiger partial charge is 0.254 e. The molecule has 3 rings (SSSR count). The Labute approximate surface area is 183 Å². The lowest BCUT2D eigenvalue weighted by molar-refractivity contribution is 0.0601. The quantitative estimate of drug-likeness (QED) is 0.626. The lowest BCUT2D eigenvalue weighted by Gasteiger charge is -2.40. The average Bonchev–Trinajstić information content (AvgIpc) is 2.72. The lowest BCUT2D eigenvalue weighted by atomic mass is 9.88. The van der Waals surface area contributed by atoms with Gasteiger partial charge in [-0.15, -0.1) is 0 Å². The number of allylic oxidation sites excluding steroid dienone is 1. The van der Waals surface area contributed by atoms with Gasteiger partial charge in [-0.25, -0.2) is 0 Å². The number of hydrogen-bond donors (Lipinski definition) is 3. The summed E-state index contributed by atoms with van der Waals surface area (Å²) in [6, 6.07) is 13.4. The molecule has 1 saturated heterocycles. The fourth-order valence-corrected chi connectivity index (χ4v) is 3.88. The molecule has 0 saturated carbocycles. The predicted octanol–water partition coefficient (Wildman–Crippen LogP) is 3.40. The molecule has 6 nitrogen and oxygen atoms in total. The van der Waals surface area contributed by atoms with Gasteiger partial charge in [-0.1, -0.05) is 18.2 Å². The first-order valence-corrected chi connectivity index (χ1v) is 10.3. The molecule has 0 atom stereocenters. The Morgan fingerprint density at radius 1 is 1.19 bits per heavy atom. The molecule has 1 heterocycles. The van der Waals surface area contributed by atoms with Crippen molar-refractivity contribution in [1.29, 1.82) is 10.7 Å². The van der Waals surface area contributed by atoms with Gasteiger partial charge in [0.25, 0.3) is 5.91 Å². The van der Waals surface area contributed by atoms with Crippen LogP contribution in [0, 0.1) is 30.6 Å². The molecule has 1 aliphatic heterocycles. The van der Waals surface area contributed by atoms with Crippen molar-refractivity contribution in [2.24, 2.45) is 5.73 Å². The number of nitrogens with zero attached hydrogens (tertiary/aromatic N) is 2. The van der Waals surface area contributed by atoms with Crippen molar-refractivity contribution < 1.29 is 9.90 Å². The SMILES string of the molecule is CC(C(=N)c1cc(C(=O)N2CC(c3ccc(C#N)cc3)C2)c(C)cc1C)=C(N)CCO. The number of carbonyl (C=O) groups is 1. The number of nitrogens with two attached hydrogens (primary N) is 1. The first-order valence-electron chi connectivity index (χ1n) is 10.3. The van der Waals surface area contributed by atoms with Crippen molar-refractivity contribution in [3.8, 4) is 6.07 Å². The van der Waals surface area contributed by atoms with Crippen LogP contribution in [0.2, 0.25) is 0 Å². The molecular formula is C25H28N4O2. The fraction of sp³-hybridized carbons (Fsp3) is 0.320. The van der Waals surface area contributed by atoms with Crippen LogP contribution < -0.4 is 5.73 Å². The van der Waals surface area contributed by atoms with Gasteiger partial charge in [-0.2, -0.15) is 5.26 Å². The number of aryl methyl sites for hydroxylation is 2. The minimum atomic E-state index is -0.0670. The van der Waals surface area contributed by atoms with E-state index in [0.717, 1.165) is 16.7 Å². The zero-order valence-electron chi connectivity index (χ0n) is 18.2. The van der Waals surface area contributed by atoms with E-state index in [9.17, 15) is 4.79 Å². The van der Waals surface area contributed by atoms with Gasteiger partial charge in [0, 0.05) is 48.9 Å². The lowest BCUT2D eigenvalue weighted by Crippen LogP contribution is -2.48. The Hall–Kier alpha value is -3.43. The maximum Gasteiger partial charge on any atom is 0.254 e. The van der Waals surface area contributed by atoms with Crippen LogP contribution in [0.4, 0.5) is 0 Å². The molecule has 1 aliphatic rings. The van der Waals surface area contributed by atoms with Gasteiger partial charge in [0.05, 0.1) is 17.3 Å². The molecule has 0 radical (unpaired) electrons. The van der Waals surface area contributed by atoms with Gasteiger partial charge >= 0.3 is 0 Å². The Morgan fingerprint density at radius 2 is 1.81 bits per heavy atom. The third-order valence-corrected chi connectivity index (χ3v) is 5.99. The van der Waals surface area contributed by atoms with Gasteiger partial charge in [0.1, 0.15) is 0 Å². The minimum Gasteiger partial charge on any atom is -0.402 e. The minimum absolute atomic E-state index is 0.0404. The number of nitrogens with one attached hydrogen (secondary N) is 1. The first-order chi connectivity index (χ1) is 14.8. The zero-order chi connectivity index (χ0) is 22.7. The second kappa shape index (κ2) is 9.15. The van der Waals surface area contributed by atoms with Crippen LogP contribution >= 0.6 is 0 Å². The molecule has 1 amide bonds. The number of benzene rings is 2. The van der Waals surface area contributed by atoms with Crippen LogP contribution in [0.15, 0.2) is 47.7 Å². The monoisotopic (exact) mass is 416 g/mol. The van der Waals surface area contributed by atoms with E-state index >= 15 is 0 Å². The predicted molar refractivity (Wildman–Crippen MR) is 121 cm³/mol. The number of likely N-dealkylation sites (tertiary alicyclic amines) is 1.